The van der Waals surface area contributed by atoms with E-state index in [0.29, 0.717) is 38.5 Å². The van der Waals surface area contributed by atoms with E-state index >= 15 is 0 Å². The summed E-state index contributed by atoms with van der Waals surface area (Å²) in [6.45, 7) is 18.3. The number of hydrogen-bond donors (Lipinski definition) is 12. The molecular weight excluding hydrogens is 3290 g/mol. The van der Waals surface area contributed by atoms with Gasteiger partial charge in [0, 0.05) is 25.7 Å². The van der Waals surface area contributed by atoms with Crippen LogP contribution in [0.3, 0.4) is 0 Å². The van der Waals surface area contributed by atoms with Crippen molar-refractivity contribution in [2.75, 3.05) is 0 Å². The molecule has 36 N–H and O–H groups in total. The third-order valence-electron chi connectivity index (χ3n) is 26.6. The van der Waals surface area contributed by atoms with E-state index in [2.05, 4.69) is 13.8 Å². The maximum Gasteiger partial charge on any atom is -0.693 e. The summed E-state index contributed by atoms with van der Waals surface area (Å²) in [7, 11) is 58.5. The Labute approximate surface area is 996 Å². The van der Waals surface area contributed by atoms with Crippen LogP contribution in [0.25, 0.3) is 73.8 Å². The van der Waals surface area contributed by atoms with Crippen LogP contribution in [0.4, 0.5) is 0 Å². The summed E-state index contributed by atoms with van der Waals surface area (Å²) in [5, 5.41) is 103. The summed E-state index contributed by atoms with van der Waals surface area (Å²) < 4.78 is 0. The van der Waals surface area contributed by atoms with E-state index in [1.807, 2.05) is 74.5 Å². The van der Waals surface area contributed by atoms with Crippen molar-refractivity contribution in [1.29, 1.82) is 0 Å². The van der Waals surface area contributed by atoms with Crippen molar-refractivity contribution >= 4 is 173 Å². The van der Waals surface area contributed by atoms with Crippen LogP contribution in [0.15, 0.2) is 60.7 Å². The Hall–Kier alpha value is 0.190. The van der Waals surface area contributed by atoms with Crippen molar-refractivity contribution in [3.8, 4) is 0 Å². The molecule has 0 radical (unpaired) electrons. The molecule has 16 aliphatic carbocycles. The fourth-order valence-corrected chi connectivity index (χ4v) is 22.5. The SMILES string of the molecule is CC(C)(C)C(=O)O.CC(C)(C)C(=O)O.CCCC(=O)O.CCCC(=O)O.CCCCCCCCCC(=O)O.CCCCCCCCCC(=O)O.O=C(O)C12CC3CC(CC(C3)C1)C2.O=C(O)C12CC3CC(CC(C3)C1)C2.O=C(O)CC12CC3CC(CC(C3)C1)C2.O=C(O)CC12CC3CC(CC(C3)C1)C2.OCc1ccccc1.OCc1ccccc1.[Cl][Pt+2][Cl].[Cl][Pt+2][Cl].[Cl][Pt+2][Cl].[Cl][Pt+2][Cl].[Cl][Pt+2][Cl].[Cl][Pt+2][Cl].[NH2-].[NH2-].[NH2-].[NH2-].[NH2-].[NH2-].[NH2-].[NH2-].[NH2-].[NH2-].[NH2-].[NH2-]. The van der Waals surface area contributed by atoms with E-state index in [1.165, 1.54) is 180 Å². The molecule has 0 aliphatic heterocycles. The predicted octanol–water partition coefficient (Wildman–Crippen LogP) is 39.6. The summed E-state index contributed by atoms with van der Waals surface area (Å²) in [5.41, 5.74) is 0.644. The molecule has 0 unspecified atom stereocenters. The number of hydrogen-bond acceptors (Lipinski definition) is 12. The first-order valence-electron chi connectivity index (χ1n) is 47.5. The molecule has 52 heteroatoms. The van der Waals surface area contributed by atoms with E-state index < -0.39 is 169 Å². The van der Waals surface area contributed by atoms with E-state index in [1.54, 1.807) is 41.5 Å². The van der Waals surface area contributed by atoms with Gasteiger partial charge < -0.3 is 135 Å². The van der Waals surface area contributed by atoms with Gasteiger partial charge in [0.1, 0.15) is 0 Å². The Morgan fingerprint density at radius 2 is 0.407 bits per heavy atom. The van der Waals surface area contributed by atoms with Gasteiger partial charge in [-0.15, -0.1) is 0 Å². The van der Waals surface area contributed by atoms with E-state index in [0.717, 1.165) is 159 Å². The second-order valence-corrected chi connectivity index (χ2v) is 60.2. The molecule has 0 spiro atoms. The van der Waals surface area contributed by atoms with Gasteiger partial charge in [0.15, 0.2) is 0 Å². The number of unbranched alkanes of at least 4 members (excludes halogenated alkanes) is 12. The van der Waals surface area contributed by atoms with Gasteiger partial charge in [0.05, 0.1) is 47.7 Å². The molecule has 16 aliphatic rings. The number of aliphatic hydroxyl groups excluding tert-OH is 2. The van der Waals surface area contributed by atoms with Gasteiger partial charge in [-0.25, -0.2) is 0 Å². The standard InChI is InChI=1S/2C12H18O2.2C11H16O2.2C10H20O2.2C7H8O.2C5H10O2.2C4H8O2.12ClH.12H2N.6Pt/c2*13-11(14)7-12-4-8-1-9(5-12)3-10(2-8)6-12;2*12-10(13)11-4-7-1-8(5-11)3-9(2-7)6-11;2*1-2-3-4-5-6-7-8-9-10(11)12;2*8-6-7-4-2-1-3-5-7;2*1-5(2,3)4(6)7;2*1-2-3-4(5)6;;;;;;;;;;;;;;;;;;;;;;;;;;;;;;/h2*8-10H,1-7H2,(H,13,14);2*7-9H,1-6H2,(H,12,13);2*2-9H2,1H3,(H,11,12);2*1-5,8H,6H2;2*1-3H3,(H,6,7);2*2-3H2,1H3,(H,5,6);12*1H;12*1H2;;;;;;/q;;;;;;;;;;;;;;;;;;;;;;;;12*-1;6*+4/p-12. The van der Waals surface area contributed by atoms with Crippen molar-refractivity contribution < 1.29 is 208 Å². The summed E-state index contributed by atoms with van der Waals surface area (Å²) >= 11 is -2.83. The topological polar surface area (TPSA) is 815 Å². The zero-order chi connectivity index (χ0) is 106. The van der Waals surface area contributed by atoms with Crippen molar-refractivity contribution in [3.63, 3.8) is 0 Å². The van der Waals surface area contributed by atoms with Gasteiger partial charge >= 0.3 is 272 Å². The molecule has 2 aromatic rings. The third-order valence-corrected chi connectivity index (χ3v) is 26.6. The molecule has 912 valence electrons. The maximum atomic E-state index is 11.3. The Morgan fingerprint density at radius 3 is 0.520 bits per heavy atom. The molecule has 34 nitrogen and oxygen atoms in total. The Kier molecular flexibility index (Phi) is 137. The number of rotatable bonds is 28. The van der Waals surface area contributed by atoms with E-state index in [9.17, 15) is 58.2 Å². The Morgan fingerprint density at radius 1 is 0.253 bits per heavy atom. The molecular formula is C98H184Cl12N12O22Pt6. The number of aliphatic carboxylic acids is 10. The van der Waals surface area contributed by atoms with Crippen LogP contribution >= 0.6 is 113 Å². The average molecular weight is 3480 g/mol. The first-order valence-corrected chi connectivity index (χ1v) is 81.3. The summed E-state index contributed by atoms with van der Waals surface area (Å²) in [5.74, 6) is 3.34. The summed E-state index contributed by atoms with van der Waals surface area (Å²) in [6, 6.07) is 19.0. The summed E-state index contributed by atoms with van der Waals surface area (Å²) in [4.78, 5) is 104. The molecule has 16 bridgehead atoms. The van der Waals surface area contributed by atoms with Crippen LogP contribution in [-0.4, -0.2) is 121 Å². The van der Waals surface area contributed by atoms with Crippen LogP contribution in [-0.2, 0) is 160 Å². The fourth-order valence-electron chi connectivity index (χ4n) is 22.5. The van der Waals surface area contributed by atoms with Crippen molar-refractivity contribution in [2.45, 2.75) is 378 Å². The first-order chi connectivity index (χ1) is 65.0. The number of aliphatic hydroxyl groups is 2. The second-order valence-electron chi connectivity index (χ2n) is 40.5. The maximum absolute atomic E-state index is 11.3. The van der Waals surface area contributed by atoms with Gasteiger partial charge in [-0.3, -0.25) is 47.9 Å². The zero-order valence-corrected chi connectivity index (χ0v) is 111. The van der Waals surface area contributed by atoms with Crippen molar-refractivity contribution in [2.24, 2.45) is 104 Å². The molecule has 0 aromatic heterocycles. The zero-order valence-electron chi connectivity index (χ0n) is 88.5. The van der Waals surface area contributed by atoms with Crippen LogP contribution in [0.2, 0.25) is 0 Å². The van der Waals surface area contributed by atoms with Gasteiger partial charge in [0.2, 0.25) is 0 Å². The minimum Gasteiger partial charge on any atom is -0.693 e. The molecule has 18 rings (SSSR count). The molecule has 0 atom stereocenters. The molecule has 2 aromatic carbocycles. The Bertz CT molecular complexity index is 3220. The van der Waals surface area contributed by atoms with Crippen LogP contribution < -0.4 is 0 Å². The molecule has 0 amide bonds. The van der Waals surface area contributed by atoms with Crippen LogP contribution in [0.5, 0.6) is 0 Å². The molecule has 150 heavy (non-hydrogen) atoms. The van der Waals surface area contributed by atoms with Gasteiger partial charge in [-0.1, -0.05) is 165 Å². The normalized spacial score (nSPS) is 23.5. The largest absolute Gasteiger partial charge is 0.693 e. The van der Waals surface area contributed by atoms with Crippen LogP contribution in [0.1, 0.15) is 376 Å². The second kappa shape index (κ2) is 110. The number of nitrogens with two attached hydrogens (primary N) is 12. The van der Waals surface area contributed by atoms with Gasteiger partial charge in [-0.2, -0.15) is 0 Å². The minimum absolute atomic E-state index is 0. The number of carboxylic acids is 10. The van der Waals surface area contributed by atoms with Gasteiger partial charge in [0.25, 0.3) is 0 Å². The number of halogens is 12. The number of carboxylic acid groups (broad SMARTS) is 10. The predicted molar refractivity (Wildman–Crippen MR) is 600 cm³/mol. The number of carbonyl (C=O) groups is 10. The quantitative estimate of drug-likeness (QED) is 0.0352. The molecule has 16 saturated carbocycles. The molecule has 0 heterocycles. The van der Waals surface area contributed by atoms with Crippen LogP contribution in [0, 0.1) is 104 Å². The molecule has 0 saturated heterocycles. The van der Waals surface area contributed by atoms with Crippen molar-refractivity contribution in [1.82, 2.24) is 0 Å². The molecule has 16 fully saturated rings. The minimum atomic E-state index is -0.757. The monoisotopic (exact) mass is 3470 g/mol. The van der Waals surface area contributed by atoms with Crippen molar-refractivity contribution in [3.05, 3.63) is 146 Å². The van der Waals surface area contributed by atoms with Gasteiger partial charge in [-0.05, 0) is 314 Å². The smallest absolute Gasteiger partial charge is 0.693 e. The first kappa shape index (κ1) is 186. The average Bonchev–Trinajstić information content (AvgIpc) is 0.744. The summed E-state index contributed by atoms with van der Waals surface area (Å²) in [6.07, 6.45) is 49.7. The van der Waals surface area contributed by atoms with E-state index in [-0.39, 0.29) is 109 Å². The Balaban J connectivity index is -0.0000000920. The fraction of sp³-hybridized carbons (Fsp3) is 0.776. The van der Waals surface area contributed by atoms with E-state index in [4.69, 9.17) is 164 Å². The number of benzene rings is 2. The third kappa shape index (κ3) is 92.6.